The van der Waals surface area contributed by atoms with E-state index < -0.39 is 28.5 Å². The van der Waals surface area contributed by atoms with E-state index in [1.807, 2.05) is 31.2 Å². The molecule has 0 aromatic heterocycles. The van der Waals surface area contributed by atoms with E-state index >= 15 is 0 Å². The summed E-state index contributed by atoms with van der Waals surface area (Å²) >= 11 is 0. The van der Waals surface area contributed by atoms with E-state index in [4.69, 9.17) is 4.74 Å². The number of carbonyl (C=O) groups is 2. The molecule has 1 aliphatic rings. The number of nitrogens with one attached hydrogen (secondary N) is 1. The van der Waals surface area contributed by atoms with E-state index in [-0.39, 0.29) is 18.5 Å². The first-order valence-corrected chi connectivity index (χ1v) is 14.2. The Morgan fingerprint density at radius 1 is 1.08 bits per heavy atom. The third-order valence-corrected chi connectivity index (χ3v) is 7.75. The molecule has 196 valence electrons. The minimum atomic E-state index is -3.79. The molecule has 0 radical (unpaired) electrons. The van der Waals surface area contributed by atoms with Crippen molar-refractivity contribution in [1.29, 1.82) is 0 Å². The number of amides is 2. The lowest BCUT2D eigenvalue weighted by Gasteiger charge is -2.33. The number of aryl methyl sites for hydroxylation is 1. The Morgan fingerprint density at radius 2 is 1.75 bits per heavy atom. The van der Waals surface area contributed by atoms with Crippen molar-refractivity contribution in [2.45, 2.75) is 64.6 Å². The van der Waals surface area contributed by atoms with Gasteiger partial charge in [-0.1, -0.05) is 55.2 Å². The van der Waals surface area contributed by atoms with Gasteiger partial charge in [-0.25, -0.2) is 8.42 Å². The fourth-order valence-electron chi connectivity index (χ4n) is 4.42. The highest BCUT2D eigenvalue weighted by Crippen LogP contribution is 2.24. The predicted octanol–water partition coefficient (Wildman–Crippen LogP) is 3.64. The second-order valence-electron chi connectivity index (χ2n) is 9.50. The zero-order valence-corrected chi connectivity index (χ0v) is 22.4. The fraction of sp³-hybridized carbons (Fsp3) is 0.481. The van der Waals surface area contributed by atoms with Crippen molar-refractivity contribution in [2.24, 2.45) is 0 Å². The Kier molecular flexibility index (Phi) is 9.37. The van der Waals surface area contributed by atoms with Gasteiger partial charge in [-0.3, -0.25) is 13.9 Å². The number of hydrogen-bond donors (Lipinski definition) is 1. The second kappa shape index (κ2) is 12.3. The molecular weight excluding hydrogens is 478 g/mol. The molecule has 0 heterocycles. The van der Waals surface area contributed by atoms with Crippen LogP contribution < -0.4 is 14.4 Å². The average molecular weight is 516 g/mol. The number of methoxy groups -OCH3 is 1. The van der Waals surface area contributed by atoms with Crippen LogP contribution in [0.25, 0.3) is 0 Å². The van der Waals surface area contributed by atoms with Crippen molar-refractivity contribution in [2.75, 3.05) is 24.2 Å². The fourth-order valence-corrected chi connectivity index (χ4v) is 5.26. The Morgan fingerprint density at radius 3 is 2.36 bits per heavy atom. The molecule has 0 aliphatic heterocycles. The Balaban J connectivity index is 1.87. The van der Waals surface area contributed by atoms with Crippen molar-refractivity contribution in [1.82, 2.24) is 10.2 Å². The highest BCUT2D eigenvalue weighted by molar-refractivity contribution is 7.92. The third-order valence-electron chi connectivity index (χ3n) is 6.61. The maximum Gasteiger partial charge on any atom is 0.244 e. The summed E-state index contributed by atoms with van der Waals surface area (Å²) in [5, 5.41) is 3.10. The summed E-state index contributed by atoms with van der Waals surface area (Å²) in [5.41, 5.74) is 2.26. The predicted molar refractivity (Wildman–Crippen MR) is 141 cm³/mol. The highest BCUT2D eigenvalue weighted by atomic mass is 32.2. The standard InChI is InChI=1S/C27H37N3O5S/c1-20-13-15-22(16-14-20)18-29(21(2)27(32)28-23-9-6-5-7-10-23)26(31)19-30(36(4,33)34)24-11-8-12-25(17-24)35-3/h8,11-17,21,23H,5-7,9-10,18-19H2,1-4H3,(H,28,32)/t21-/m1/s1. The molecule has 2 aromatic rings. The van der Waals surface area contributed by atoms with Crippen LogP contribution in [0.5, 0.6) is 5.75 Å². The van der Waals surface area contributed by atoms with Crippen LogP contribution in [-0.4, -0.2) is 57.1 Å². The maximum absolute atomic E-state index is 13.6. The topological polar surface area (TPSA) is 96.0 Å². The van der Waals surface area contributed by atoms with E-state index in [1.54, 1.807) is 31.2 Å². The van der Waals surface area contributed by atoms with Gasteiger partial charge >= 0.3 is 0 Å². The van der Waals surface area contributed by atoms with E-state index in [0.717, 1.165) is 47.4 Å². The zero-order chi connectivity index (χ0) is 26.3. The minimum absolute atomic E-state index is 0.106. The number of carbonyl (C=O) groups excluding carboxylic acids is 2. The highest BCUT2D eigenvalue weighted by Gasteiger charge is 2.31. The first-order valence-electron chi connectivity index (χ1n) is 12.4. The van der Waals surface area contributed by atoms with Crippen LogP contribution in [-0.2, 0) is 26.2 Å². The molecule has 0 bridgehead atoms. The Labute approximate surface area is 214 Å². The number of hydrogen-bond acceptors (Lipinski definition) is 5. The van der Waals surface area contributed by atoms with Gasteiger partial charge in [0, 0.05) is 18.7 Å². The molecule has 2 aromatic carbocycles. The van der Waals surface area contributed by atoms with E-state index in [9.17, 15) is 18.0 Å². The normalized spacial score (nSPS) is 15.1. The molecule has 1 atom stereocenters. The van der Waals surface area contributed by atoms with Crippen molar-refractivity contribution >= 4 is 27.5 Å². The molecule has 1 aliphatic carbocycles. The molecule has 0 saturated heterocycles. The van der Waals surface area contributed by atoms with E-state index in [0.29, 0.717) is 11.4 Å². The van der Waals surface area contributed by atoms with Crippen LogP contribution >= 0.6 is 0 Å². The van der Waals surface area contributed by atoms with Gasteiger partial charge in [0.05, 0.1) is 19.1 Å². The molecule has 2 amide bonds. The van der Waals surface area contributed by atoms with Gasteiger partial charge in [-0.15, -0.1) is 0 Å². The largest absolute Gasteiger partial charge is 0.497 e. The van der Waals surface area contributed by atoms with Crippen LogP contribution in [0, 0.1) is 6.92 Å². The Bertz CT molecular complexity index is 1140. The number of sulfonamides is 1. The number of rotatable bonds is 10. The van der Waals surface area contributed by atoms with Crippen molar-refractivity contribution in [3.63, 3.8) is 0 Å². The number of ether oxygens (including phenoxy) is 1. The van der Waals surface area contributed by atoms with Gasteiger partial charge < -0.3 is 15.0 Å². The molecule has 3 rings (SSSR count). The van der Waals surface area contributed by atoms with Crippen molar-refractivity contribution in [3.05, 3.63) is 59.7 Å². The quantitative estimate of drug-likeness (QED) is 0.521. The van der Waals surface area contributed by atoms with Crippen molar-refractivity contribution in [3.8, 4) is 5.75 Å². The van der Waals surface area contributed by atoms with Crippen LogP contribution in [0.2, 0.25) is 0 Å². The molecule has 1 N–H and O–H groups in total. The minimum Gasteiger partial charge on any atom is -0.497 e. The molecule has 36 heavy (non-hydrogen) atoms. The molecule has 1 fully saturated rings. The van der Waals surface area contributed by atoms with E-state index in [1.165, 1.54) is 18.4 Å². The van der Waals surface area contributed by atoms with Gasteiger partial charge in [0.15, 0.2) is 0 Å². The summed E-state index contributed by atoms with van der Waals surface area (Å²) in [6, 6.07) is 13.6. The molecule has 9 heteroatoms. The van der Waals surface area contributed by atoms with Gasteiger partial charge in [-0.05, 0) is 44.4 Å². The monoisotopic (exact) mass is 515 g/mol. The molecule has 0 unspecified atom stereocenters. The van der Waals surface area contributed by atoms with Gasteiger partial charge in [0.25, 0.3) is 0 Å². The SMILES string of the molecule is COc1cccc(N(CC(=O)N(Cc2ccc(C)cc2)[C@H](C)C(=O)NC2CCCCC2)S(C)(=O)=O)c1. The van der Waals surface area contributed by atoms with Gasteiger partial charge in [0.2, 0.25) is 21.8 Å². The third kappa shape index (κ3) is 7.46. The van der Waals surface area contributed by atoms with Crippen LogP contribution in [0.4, 0.5) is 5.69 Å². The maximum atomic E-state index is 13.6. The van der Waals surface area contributed by atoms with Gasteiger partial charge in [0.1, 0.15) is 18.3 Å². The lowest BCUT2D eigenvalue weighted by Crippen LogP contribution is -2.52. The first kappa shape index (κ1) is 27.5. The number of anilines is 1. The summed E-state index contributed by atoms with van der Waals surface area (Å²) in [7, 11) is -2.30. The van der Waals surface area contributed by atoms with Gasteiger partial charge in [-0.2, -0.15) is 0 Å². The summed E-state index contributed by atoms with van der Waals surface area (Å²) < 4.78 is 31.7. The number of benzene rings is 2. The lowest BCUT2D eigenvalue weighted by atomic mass is 9.95. The van der Waals surface area contributed by atoms with Crippen LogP contribution in [0.15, 0.2) is 48.5 Å². The molecular formula is C27H37N3O5S. The van der Waals surface area contributed by atoms with Crippen LogP contribution in [0.3, 0.4) is 0 Å². The van der Waals surface area contributed by atoms with Crippen LogP contribution in [0.1, 0.15) is 50.2 Å². The Hall–Kier alpha value is -3.07. The molecule has 0 spiro atoms. The lowest BCUT2D eigenvalue weighted by molar-refractivity contribution is -0.139. The second-order valence-corrected chi connectivity index (χ2v) is 11.4. The summed E-state index contributed by atoms with van der Waals surface area (Å²) in [5.74, 6) is -0.213. The smallest absolute Gasteiger partial charge is 0.244 e. The molecule has 8 nitrogen and oxygen atoms in total. The average Bonchev–Trinajstić information content (AvgIpc) is 2.86. The zero-order valence-electron chi connectivity index (χ0n) is 21.6. The summed E-state index contributed by atoms with van der Waals surface area (Å²) in [6.07, 6.45) is 6.25. The number of nitrogens with zero attached hydrogens (tertiary/aromatic N) is 2. The summed E-state index contributed by atoms with van der Waals surface area (Å²) in [6.45, 7) is 3.43. The van der Waals surface area contributed by atoms with E-state index in [2.05, 4.69) is 5.32 Å². The first-order chi connectivity index (χ1) is 17.1. The summed E-state index contributed by atoms with van der Waals surface area (Å²) in [4.78, 5) is 28.3. The van der Waals surface area contributed by atoms with Crippen molar-refractivity contribution < 1.29 is 22.7 Å². The molecule has 1 saturated carbocycles.